The summed E-state index contributed by atoms with van der Waals surface area (Å²) in [6.07, 6.45) is -5.43. The number of carbonyl (C=O) groups is 6. The maximum Gasteiger partial charge on any atom is 2.00 e. The summed E-state index contributed by atoms with van der Waals surface area (Å²) >= 11 is 0. The fourth-order valence-electron chi connectivity index (χ4n) is 1.37. The Kier molecular flexibility index (Phi) is 19.4. The Balaban J connectivity index is -0.000000120. The number of carboxylic acids is 6. The summed E-state index contributed by atoms with van der Waals surface area (Å²) < 4.78 is 0. The van der Waals surface area contributed by atoms with Crippen LogP contribution in [0.1, 0.15) is 25.7 Å². The van der Waals surface area contributed by atoms with Crippen LogP contribution < -0.4 is 30.6 Å². The summed E-state index contributed by atoms with van der Waals surface area (Å²) in [5.41, 5.74) is -5.95. The summed E-state index contributed by atoms with van der Waals surface area (Å²) in [6, 6.07) is 0. The second kappa shape index (κ2) is 15.2. The number of carbonyl (C=O) groups excluding carboxylic acids is 6. The van der Waals surface area contributed by atoms with Crippen LogP contribution in [0.4, 0.5) is 0 Å². The minimum absolute atomic E-state index is 0. The third-order valence-electron chi connectivity index (χ3n) is 2.51. The number of aliphatic hydroxyl groups is 2. The molecule has 14 nitrogen and oxygen atoms in total. The zero-order valence-corrected chi connectivity index (χ0v) is 14.7. The number of hydrogen-bond acceptors (Lipinski definition) is 14. The van der Waals surface area contributed by atoms with Crippen LogP contribution in [0.3, 0.4) is 0 Å². The van der Waals surface area contributed by atoms with Gasteiger partial charge >= 0.3 is 30.4 Å². The molecule has 0 aliphatic heterocycles. The molecule has 0 unspecified atom stereocenters. The predicted octanol–water partition coefficient (Wildman–Crippen LogP) is -11.6. The van der Waals surface area contributed by atoms with Crippen molar-refractivity contribution in [2.24, 2.45) is 0 Å². The molecular weight excluding hydrogens is 395 g/mol. The minimum atomic E-state index is -2.97. The van der Waals surface area contributed by atoms with E-state index in [0.717, 1.165) is 0 Å². The van der Waals surface area contributed by atoms with Crippen molar-refractivity contribution in [1.29, 1.82) is 0 Å². The Morgan fingerprint density at radius 2 is 0.621 bits per heavy atom. The van der Waals surface area contributed by atoms with E-state index in [-0.39, 0.29) is 30.4 Å². The molecule has 0 amide bonds. The summed E-state index contributed by atoms with van der Waals surface area (Å²) in [4.78, 5) is 60.0. The van der Waals surface area contributed by atoms with Crippen molar-refractivity contribution >= 4 is 66.2 Å². The van der Waals surface area contributed by atoms with Crippen LogP contribution in [0, 0.1) is 0 Å². The first-order valence-corrected chi connectivity index (χ1v) is 6.23. The molecule has 2 N–H and O–H groups in total. The van der Waals surface area contributed by atoms with Gasteiger partial charge in [0.2, 0.25) is 0 Å². The smallest absolute Gasteiger partial charge is 0.550 e. The first-order chi connectivity index (χ1) is 11.6. The summed E-state index contributed by atoms with van der Waals surface area (Å²) in [6.45, 7) is 0. The molecule has 0 aromatic heterocycles. The molecular formula is C12H10Be3O14. The maximum atomic E-state index is 10.1. The molecule has 0 aromatic carbocycles. The van der Waals surface area contributed by atoms with E-state index in [1.54, 1.807) is 0 Å². The minimum Gasteiger partial charge on any atom is -0.550 e. The molecule has 0 aliphatic carbocycles. The second-order valence-corrected chi connectivity index (χ2v) is 4.83. The fraction of sp³-hybridized carbons (Fsp3) is 0.500. The first-order valence-electron chi connectivity index (χ1n) is 6.23. The van der Waals surface area contributed by atoms with E-state index in [1.807, 2.05) is 0 Å². The Hall–Kier alpha value is -2.75. The van der Waals surface area contributed by atoms with Crippen molar-refractivity contribution in [2.75, 3.05) is 0 Å². The van der Waals surface area contributed by atoms with Gasteiger partial charge in [-0.05, 0) is 0 Å². The van der Waals surface area contributed by atoms with Crippen LogP contribution in [0.15, 0.2) is 0 Å². The summed E-state index contributed by atoms with van der Waals surface area (Å²) in [7, 11) is 0. The van der Waals surface area contributed by atoms with E-state index in [2.05, 4.69) is 0 Å². The Bertz CT molecular complexity index is 521. The van der Waals surface area contributed by atoms with Crippen LogP contribution in [0.2, 0.25) is 0 Å². The molecule has 0 rings (SSSR count). The van der Waals surface area contributed by atoms with Gasteiger partial charge in [-0.1, -0.05) is 0 Å². The largest absolute Gasteiger partial charge is 2.00 e. The normalized spacial score (nSPS) is 9.72. The van der Waals surface area contributed by atoms with Crippen molar-refractivity contribution in [1.82, 2.24) is 0 Å². The van der Waals surface area contributed by atoms with Gasteiger partial charge in [0, 0.05) is 49.6 Å². The Morgan fingerprint density at radius 3 is 0.690 bits per heavy atom. The van der Waals surface area contributed by atoms with Crippen molar-refractivity contribution in [3.63, 3.8) is 0 Å². The van der Waals surface area contributed by atoms with Gasteiger partial charge < -0.3 is 69.6 Å². The first kappa shape index (κ1) is 37.1. The maximum absolute atomic E-state index is 10.1. The average molecular weight is 405 g/mol. The van der Waals surface area contributed by atoms with E-state index in [0.29, 0.717) is 0 Å². The third-order valence-corrected chi connectivity index (χ3v) is 2.51. The molecule has 29 heavy (non-hydrogen) atoms. The van der Waals surface area contributed by atoms with E-state index < -0.39 is 72.7 Å². The van der Waals surface area contributed by atoms with Crippen molar-refractivity contribution in [3.8, 4) is 0 Å². The Labute approximate surface area is 173 Å². The summed E-state index contributed by atoms with van der Waals surface area (Å²) in [5.74, 6) is -12.0. The molecule has 0 aromatic rings. The molecule has 148 valence electrons. The molecule has 17 heteroatoms. The molecule has 0 atom stereocenters. The van der Waals surface area contributed by atoms with Crippen LogP contribution in [-0.4, -0.2) is 87.6 Å². The van der Waals surface area contributed by atoms with Gasteiger partial charge in [-0.3, -0.25) is 0 Å². The van der Waals surface area contributed by atoms with E-state index >= 15 is 0 Å². The van der Waals surface area contributed by atoms with Gasteiger partial charge in [0.1, 0.15) is 11.2 Å². The standard InChI is InChI=1S/2C6H8O7.3Be/c2*7-3(8)1-6(13,5(11)12)2-4(9)10;;;/h2*13H,1-2H2,(H,7,8)(H,9,10)(H,11,12);;;/q;;3*+2/p-6. The SMILES string of the molecule is O=C([O-])CC(O)(CC(=O)[O-])C(=O)[O-].O=C([O-])CC(O)(CC(=O)[O-])C(=O)[O-].[Be+2].[Be+2].[Be+2]. The van der Waals surface area contributed by atoms with Crippen LogP contribution in [0.25, 0.3) is 0 Å². The zero-order valence-electron chi connectivity index (χ0n) is 14.7. The van der Waals surface area contributed by atoms with Crippen LogP contribution >= 0.6 is 0 Å². The topological polar surface area (TPSA) is 281 Å². The third kappa shape index (κ3) is 16.0. The van der Waals surface area contributed by atoms with Crippen LogP contribution in [-0.2, 0) is 28.8 Å². The molecule has 0 saturated carbocycles. The molecule has 0 aliphatic rings. The average Bonchev–Trinajstić information content (AvgIpc) is 2.34. The quantitative estimate of drug-likeness (QED) is 0.319. The molecule has 0 fully saturated rings. The van der Waals surface area contributed by atoms with Gasteiger partial charge in [0.25, 0.3) is 0 Å². The molecule has 0 radical (unpaired) electrons. The van der Waals surface area contributed by atoms with Gasteiger partial charge in [-0.25, -0.2) is 0 Å². The number of carboxylic acid groups (broad SMARTS) is 6. The van der Waals surface area contributed by atoms with Gasteiger partial charge in [0.05, 0.1) is 11.9 Å². The number of aliphatic carboxylic acids is 6. The van der Waals surface area contributed by atoms with Gasteiger partial charge in [-0.2, -0.15) is 0 Å². The van der Waals surface area contributed by atoms with Crippen molar-refractivity contribution in [3.05, 3.63) is 0 Å². The fourth-order valence-corrected chi connectivity index (χ4v) is 1.37. The number of rotatable bonds is 10. The van der Waals surface area contributed by atoms with E-state index in [4.69, 9.17) is 10.2 Å². The molecule has 0 spiro atoms. The van der Waals surface area contributed by atoms with Gasteiger partial charge in [0.15, 0.2) is 0 Å². The molecule has 0 saturated heterocycles. The molecule has 0 heterocycles. The predicted molar refractivity (Wildman–Crippen MR) is 75.7 cm³/mol. The van der Waals surface area contributed by atoms with Crippen LogP contribution in [0.5, 0.6) is 0 Å². The van der Waals surface area contributed by atoms with E-state index in [9.17, 15) is 59.4 Å². The van der Waals surface area contributed by atoms with E-state index in [1.165, 1.54) is 0 Å². The Morgan fingerprint density at radius 1 is 0.483 bits per heavy atom. The number of hydrogen-bond donors (Lipinski definition) is 2. The second-order valence-electron chi connectivity index (χ2n) is 4.83. The van der Waals surface area contributed by atoms with Crippen molar-refractivity contribution < 1.29 is 69.6 Å². The monoisotopic (exact) mass is 405 g/mol. The van der Waals surface area contributed by atoms with Gasteiger partial charge in [-0.15, -0.1) is 0 Å². The summed E-state index contributed by atoms with van der Waals surface area (Å²) in [5, 5.41) is 77.9. The molecule has 0 bridgehead atoms. The van der Waals surface area contributed by atoms with Crippen molar-refractivity contribution in [2.45, 2.75) is 36.9 Å². The zero-order chi connectivity index (χ0) is 21.3.